The number of nitrogens with zero attached hydrogens (tertiary/aromatic N) is 4. The molecule has 4 aliphatic heterocycles. The lowest BCUT2D eigenvalue weighted by atomic mass is 9.69. The minimum Gasteiger partial charge on any atom is -0.387 e. The van der Waals surface area contributed by atoms with Crippen molar-refractivity contribution in [1.29, 1.82) is 0 Å². The summed E-state index contributed by atoms with van der Waals surface area (Å²) in [5.41, 5.74) is 0.728. The molecule has 4 heterocycles. The second kappa shape index (κ2) is 21.8. The fourth-order valence-electron chi connectivity index (χ4n) is 11.9. The quantitative estimate of drug-likeness (QED) is 0.168. The standard InChI is InChI=1S/C29H38N2O3.C28H42N2O3/c1-22(16-23-10-6-4-7-11-23)27(33)30-15-14-29(34,28(2,3)20-30)21-31-19-25(18-26(31)32)17-24-12-8-5-9-13-24;1-27(2)20-29(25(31)14-13-22-9-5-3-6-10-22)16-15-28(27,33)21-30-19-24(18-26(30)32)17-23-11-7-4-8-12-23/h4-13,22,25,34H,14-21H2,1-3H3;4,7-8,11-12,22,24,33H,3,5-6,9-10,13-21H2,1-2H3. The van der Waals surface area contributed by atoms with E-state index >= 15 is 0 Å². The zero-order valence-corrected chi connectivity index (χ0v) is 41.3. The van der Waals surface area contributed by atoms with Crippen molar-refractivity contribution in [3.05, 3.63) is 108 Å². The second-order valence-corrected chi connectivity index (χ2v) is 22.6. The normalized spacial score (nSPS) is 26.9. The second-order valence-electron chi connectivity index (χ2n) is 22.6. The Morgan fingerprint density at radius 3 is 1.51 bits per heavy atom. The largest absolute Gasteiger partial charge is 0.387 e. The summed E-state index contributed by atoms with van der Waals surface area (Å²) < 4.78 is 0. The Morgan fingerprint density at radius 2 is 1.04 bits per heavy atom. The Bertz CT molecular complexity index is 2110. The molecular weight excluding hydrogens is 837 g/mol. The van der Waals surface area contributed by atoms with Gasteiger partial charge < -0.3 is 29.8 Å². The number of likely N-dealkylation sites (tertiary alicyclic amines) is 4. The number of carbonyl (C=O) groups excluding carboxylic acids is 4. The Kier molecular flexibility index (Phi) is 16.4. The molecule has 1 aliphatic carbocycles. The van der Waals surface area contributed by atoms with Crippen molar-refractivity contribution >= 4 is 23.6 Å². The molecule has 364 valence electrons. The average molecular weight is 917 g/mol. The fourth-order valence-corrected chi connectivity index (χ4v) is 11.9. The molecule has 4 amide bonds. The van der Waals surface area contributed by atoms with Crippen LogP contribution in [-0.2, 0) is 38.4 Å². The molecule has 5 atom stereocenters. The lowest BCUT2D eigenvalue weighted by molar-refractivity contribution is -0.161. The average Bonchev–Trinajstić information content (AvgIpc) is 3.83. The maximum atomic E-state index is 13.2. The summed E-state index contributed by atoms with van der Waals surface area (Å²) in [6.07, 6.45) is 12.7. The number of amides is 4. The van der Waals surface area contributed by atoms with Crippen LogP contribution in [0, 0.1) is 34.5 Å². The number of hydrogen-bond acceptors (Lipinski definition) is 6. The van der Waals surface area contributed by atoms with Crippen LogP contribution in [0.4, 0.5) is 0 Å². The van der Waals surface area contributed by atoms with Crippen LogP contribution >= 0.6 is 0 Å². The zero-order valence-electron chi connectivity index (χ0n) is 41.3. The van der Waals surface area contributed by atoms with Gasteiger partial charge in [0.2, 0.25) is 23.6 Å². The van der Waals surface area contributed by atoms with E-state index in [4.69, 9.17) is 0 Å². The number of benzene rings is 3. The first-order valence-electron chi connectivity index (χ1n) is 25.6. The molecule has 0 radical (unpaired) electrons. The van der Waals surface area contributed by atoms with Gasteiger partial charge >= 0.3 is 0 Å². The number of aliphatic hydroxyl groups is 2. The Labute approximate surface area is 401 Å². The van der Waals surface area contributed by atoms with Gasteiger partial charge in [-0.3, -0.25) is 19.2 Å². The molecule has 5 aliphatic rings. The highest BCUT2D eigenvalue weighted by Gasteiger charge is 2.52. The van der Waals surface area contributed by atoms with E-state index in [-0.39, 0.29) is 35.5 Å². The third-order valence-corrected chi connectivity index (χ3v) is 16.5. The lowest BCUT2D eigenvalue weighted by Crippen LogP contribution is -2.63. The van der Waals surface area contributed by atoms with Gasteiger partial charge in [0, 0.05) is 75.3 Å². The number of piperidine rings is 2. The molecule has 3 aromatic rings. The van der Waals surface area contributed by atoms with Crippen LogP contribution in [0.5, 0.6) is 0 Å². The minimum atomic E-state index is -1.01. The third-order valence-electron chi connectivity index (χ3n) is 16.5. The summed E-state index contributed by atoms with van der Waals surface area (Å²) in [4.78, 5) is 59.3. The SMILES string of the molecule is CC(Cc1ccccc1)C(=O)N1CCC(O)(CN2CC(Cc3ccccc3)CC2=O)C(C)(C)C1.CC1(C)CN(C(=O)CCC2CCCCC2)CCC1(O)CN1CC(Cc2ccccc2)CC1=O. The van der Waals surface area contributed by atoms with Crippen molar-refractivity contribution in [2.24, 2.45) is 34.5 Å². The maximum absolute atomic E-state index is 13.2. The zero-order chi connectivity index (χ0) is 47.8. The lowest BCUT2D eigenvalue weighted by Gasteiger charge is -2.51. The van der Waals surface area contributed by atoms with E-state index in [1.54, 1.807) is 0 Å². The summed E-state index contributed by atoms with van der Waals surface area (Å²) in [6.45, 7) is 14.4. The van der Waals surface area contributed by atoms with Crippen LogP contribution in [0.1, 0.15) is 122 Å². The summed E-state index contributed by atoms with van der Waals surface area (Å²) >= 11 is 0. The smallest absolute Gasteiger partial charge is 0.225 e. The van der Waals surface area contributed by atoms with Crippen LogP contribution in [0.25, 0.3) is 0 Å². The fraction of sp³-hybridized carbons (Fsp3) is 0.614. The summed E-state index contributed by atoms with van der Waals surface area (Å²) in [6, 6.07) is 30.7. The van der Waals surface area contributed by atoms with E-state index in [0.29, 0.717) is 103 Å². The van der Waals surface area contributed by atoms with Gasteiger partial charge in [-0.1, -0.05) is 158 Å². The first-order valence-corrected chi connectivity index (χ1v) is 25.6. The predicted molar refractivity (Wildman–Crippen MR) is 265 cm³/mol. The summed E-state index contributed by atoms with van der Waals surface area (Å²) in [7, 11) is 0. The third kappa shape index (κ3) is 12.8. The molecule has 67 heavy (non-hydrogen) atoms. The maximum Gasteiger partial charge on any atom is 0.225 e. The number of carbonyl (C=O) groups is 4. The van der Waals surface area contributed by atoms with E-state index in [1.807, 2.05) is 95.0 Å². The van der Waals surface area contributed by atoms with Crippen LogP contribution in [-0.4, -0.2) is 117 Å². The highest BCUT2D eigenvalue weighted by atomic mass is 16.3. The molecule has 0 spiro atoms. The molecule has 2 N–H and O–H groups in total. The number of hydrogen-bond donors (Lipinski definition) is 2. The molecule has 0 bridgehead atoms. The van der Waals surface area contributed by atoms with Gasteiger partial charge in [-0.2, -0.15) is 0 Å². The molecule has 3 aromatic carbocycles. The van der Waals surface area contributed by atoms with Gasteiger partial charge in [0.25, 0.3) is 0 Å². The highest BCUT2D eigenvalue weighted by molar-refractivity contribution is 5.80. The van der Waals surface area contributed by atoms with Gasteiger partial charge in [0.15, 0.2) is 0 Å². The molecule has 10 nitrogen and oxygen atoms in total. The first kappa shape index (κ1) is 50.3. The van der Waals surface area contributed by atoms with Crippen LogP contribution in [0.15, 0.2) is 91.0 Å². The van der Waals surface area contributed by atoms with Crippen molar-refractivity contribution in [3.63, 3.8) is 0 Å². The topological polar surface area (TPSA) is 122 Å². The van der Waals surface area contributed by atoms with Gasteiger partial charge in [-0.05, 0) is 73.0 Å². The number of rotatable bonds is 14. The predicted octanol–water partition coefficient (Wildman–Crippen LogP) is 8.37. The highest BCUT2D eigenvalue weighted by Crippen LogP contribution is 2.42. The van der Waals surface area contributed by atoms with Gasteiger partial charge in [-0.25, -0.2) is 0 Å². The van der Waals surface area contributed by atoms with Gasteiger partial charge in [0.05, 0.1) is 24.3 Å². The molecule has 8 rings (SSSR count). The van der Waals surface area contributed by atoms with E-state index in [2.05, 4.69) is 50.2 Å². The number of β-amino-alcohol motifs (C(OH)–C–C–N with tert-alkyl or cyclic N) is 2. The van der Waals surface area contributed by atoms with Crippen LogP contribution in [0.3, 0.4) is 0 Å². The van der Waals surface area contributed by atoms with Crippen LogP contribution in [0.2, 0.25) is 0 Å². The van der Waals surface area contributed by atoms with Crippen molar-refractivity contribution < 1.29 is 29.4 Å². The molecular formula is C57H80N4O6. The van der Waals surface area contributed by atoms with Crippen LogP contribution < -0.4 is 0 Å². The van der Waals surface area contributed by atoms with E-state index < -0.39 is 22.0 Å². The van der Waals surface area contributed by atoms with Gasteiger partial charge in [0.1, 0.15) is 0 Å². The van der Waals surface area contributed by atoms with E-state index in [1.165, 1.54) is 43.2 Å². The molecule has 0 aromatic heterocycles. The summed E-state index contributed by atoms with van der Waals surface area (Å²) in [5.74, 6) is 1.82. The molecule has 4 saturated heterocycles. The molecule has 5 unspecified atom stereocenters. The monoisotopic (exact) mass is 917 g/mol. The molecule has 1 saturated carbocycles. The molecule has 5 fully saturated rings. The first-order chi connectivity index (χ1) is 31.9. The van der Waals surface area contributed by atoms with E-state index in [0.717, 1.165) is 24.8 Å². The molecule has 10 heteroatoms. The van der Waals surface area contributed by atoms with Crippen molar-refractivity contribution in [2.75, 3.05) is 52.4 Å². The van der Waals surface area contributed by atoms with Gasteiger partial charge in [-0.15, -0.1) is 0 Å². The van der Waals surface area contributed by atoms with Crippen molar-refractivity contribution in [1.82, 2.24) is 19.6 Å². The summed E-state index contributed by atoms with van der Waals surface area (Å²) in [5, 5.41) is 23.3. The Hall–Kier alpha value is -4.54. The Balaban J connectivity index is 0.000000199. The minimum absolute atomic E-state index is 0.108. The Morgan fingerprint density at radius 1 is 0.612 bits per heavy atom. The van der Waals surface area contributed by atoms with Crippen molar-refractivity contribution in [2.45, 2.75) is 136 Å². The van der Waals surface area contributed by atoms with E-state index in [9.17, 15) is 29.4 Å². The van der Waals surface area contributed by atoms with Crippen molar-refractivity contribution in [3.8, 4) is 0 Å².